The molecule has 1 aliphatic heterocycles. The highest BCUT2D eigenvalue weighted by Crippen LogP contribution is 2.43. The lowest BCUT2D eigenvalue weighted by atomic mass is 10.00. The van der Waals surface area contributed by atoms with Gasteiger partial charge in [0.05, 0.1) is 23.2 Å². The summed E-state index contributed by atoms with van der Waals surface area (Å²) in [7, 11) is 0. The average Bonchev–Trinajstić information content (AvgIpc) is 3.53. The molecule has 1 fully saturated rings. The molecule has 0 spiro atoms. The van der Waals surface area contributed by atoms with Crippen molar-refractivity contribution >= 4 is 45.8 Å². The molecule has 4 aromatic rings. The Bertz CT molecular complexity index is 1310. The van der Waals surface area contributed by atoms with Gasteiger partial charge in [-0.25, -0.2) is 4.98 Å². The van der Waals surface area contributed by atoms with Crippen LogP contribution in [0.25, 0.3) is 16.8 Å². The van der Waals surface area contributed by atoms with Crippen LogP contribution in [-0.4, -0.2) is 33.4 Å². The number of nitrogens with zero attached hydrogens (tertiary/aromatic N) is 2. The van der Waals surface area contributed by atoms with Crippen molar-refractivity contribution in [3.8, 4) is 5.75 Å². The zero-order chi connectivity index (χ0) is 22.2. The lowest BCUT2D eigenvalue weighted by Crippen LogP contribution is -2.30. The number of para-hydroxylation sites is 2. The van der Waals surface area contributed by atoms with Gasteiger partial charge in [-0.3, -0.25) is 14.5 Å². The number of carbonyl (C=O) groups is 2. The van der Waals surface area contributed by atoms with E-state index in [4.69, 9.17) is 4.74 Å². The Morgan fingerprint density at radius 1 is 1.12 bits per heavy atom. The zero-order valence-electron chi connectivity index (χ0n) is 17.1. The Labute approximate surface area is 187 Å². The zero-order valence-corrected chi connectivity index (χ0v) is 17.9. The third-order valence-corrected chi connectivity index (χ3v) is 6.23. The number of H-pyrrole nitrogens is 1. The minimum absolute atomic E-state index is 0.0297. The molecule has 32 heavy (non-hydrogen) atoms. The van der Waals surface area contributed by atoms with Crippen molar-refractivity contribution < 1.29 is 19.4 Å². The number of ketones is 1. The number of aliphatic hydroxyl groups is 1. The number of thiophene rings is 1. The lowest BCUT2D eigenvalue weighted by Gasteiger charge is -2.21. The maximum Gasteiger partial charge on any atom is 0.302 e. The Morgan fingerprint density at radius 2 is 1.91 bits per heavy atom. The van der Waals surface area contributed by atoms with E-state index in [9.17, 15) is 14.7 Å². The second-order valence-corrected chi connectivity index (χ2v) is 8.20. The largest absolute Gasteiger partial charge is 0.507 e. The van der Waals surface area contributed by atoms with Crippen LogP contribution in [0.15, 0.2) is 71.6 Å². The molecule has 3 heterocycles. The highest BCUT2D eigenvalue weighted by Gasteiger charge is 2.48. The topological polar surface area (TPSA) is 95.5 Å². The van der Waals surface area contributed by atoms with E-state index in [-0.39, 0.29) is 17.3 Å². The number of aromatic nitrogens is 2. The molecule has 0 bridgehead atoms. The molecule has 7 nitrogen and oxygen atoms in total. The van der Waals surface area contributed by atoms with Crippen LogP contribution in [0.1, 0.15) is 23.4 Å². The molecule has 1 saturated heterocycles. The predicted octanol–water partition coefficient (Wildman–Crippen LogP) is 4.65. The van der Waals surface area contributed by atoms with Crippen molar-refractivity contribution in [1.29, 1.82) is 0 Å². The fraction of sp³-hybridized carbons (Fsp3) is 0.125. The molecule has 0 saturated carbocycles. The molecular weight excluding hydrogens is 426 g/mol. The van der Waals surface area contributed by atoms with Crippen molar-refractivity contribution in [3.05, 3.63) is 82.1 Å². The number of imidazole rings is 1. The molecule has 2 aromatic carbocycles. The van der Waals surface area contributed by atoms with E-state index in [0.717, 1.165) is 10.4 Å². The van der Waals surface area contributed by atoms with E-state index in [2.05, 4.69) is 9.97 Å². The molecule has 1 atom stereocenters. The number of aliphatic hydroxyl groups excluding tert-OH is 1. The maximum atomic E-state index is 13.1. The van der Waals surface area contributed by atoms with E-state index in [0.29, 0.717) is 23.4 Å². The highest BCUT2D eigenvalue weighted by molar-refractivity contribution is 7.10. The molecule has 1 unspecified atom stereocenters. The van der Waals surface area contributed by atoms with Gasteiger partial charge in [-0.1, -0.05) is 18.2 Å². The Morgan fingerprint density at radius 3 is 2.59 bits per heavy atom. The van der Waals surface area contributed by atoms with E-state index >= 15 is 0 Å². The number of hydrogen-bond donors (Lipinski definition) is 2. The van der Waals surface area contributed by atoms with Crippen LogP contribution >= 0.6 is 11.3 Å². The number of amides is 1. The Balaban J connectivity index is 1.65. The SMILES string of the molecule is CCOc1ccc(/C(O)=C2\C(=O)C(=O)N(c3nc4ccccc4[nH]3)C2c2cccs2)cc1. The fourth-order valence-corrected chi connectivity index (χ4v) is 4.68. The van der Waals surface area contributed by atoms with Gasteiger partial charge < -0.3 is 14.8 Å². The predicted molar refractivity (Wildman–Crippen MR) is 123 cm³/mol. The van der Waals surface area contributed by atoms with Crippen molar-refractivity contribution in [2.45, 2.75) is 13.0 Å². The molecular formula is C24H19N3O4S. The molecule has 2 N–H and O–H groups in total. The first-order valence-corrected chi connectivity index (χ1v) is 11.0. The van der Waals surface area contributed by atoms with Gasteiger partial charge in [0.2, 0.25) is 5.95 Å². The number of aromatic amines is 1. The summed E-state index contributed by atoms with van der Waals surface area (Å²) in [4.78, 5) is 36.0. The van der Waals surface area contributed by atoms with Gasteiger partial charge in [-0.2, -0.15) is 0 Å². The standard InChI is InChI=1S/C24H19N3O4S/c1-2-31-15-11-9-14(10-12-15)21(28)19-20(18-8-5-13-32-18)27(23(30)22(19)29)24-25-16-6-3-4-7-17(16)26-24/h3-13,20,28H,2H2,1H3,(H,25,26)/b21-19+. The molecule has 1 aliphatic rings. The van der Waals surface area contributed by atoms with E-state index in [1.54, 1.807) is 24.3 Å². The van der Waals surface area contributed by atoms with Gasteiger partial charge in [0.15, 0.2) is 0 Å². The monoisotopic (exact) mass is 445 g/mol. The van der Waals surface area contributed by atoms with Crippen LogP contribution in [0.5, 0.6) is 5.75 Å². The molecule has 0 radical (unpaired) electrons. The minimum Gasteiger partial charge on any atom is -0.507 e. The summed E-state index contributed by atoms with van der Waals surface area (Å²) in [6.07, 6.45) is 0. The van der Waals surface area contributed by atoms with Gasteiger partial charge in [-0.05, 0) is 54.8 Å². The highest BCUT2D eigenvalue weighted by atomic mass is 32.1. The van der Waals surface area contributed by atoms with Gasteiger partial charge in [0.1, 0.15) is 17.6 Å². The second kappa shape index (κ2) is 7.97. The summed E-state index contributed by atoms with van der Waals surface area (Å²) < 4.78 is 5.45. The number of benzene rings is 2. The number of ether oxygens (including phenoxy) is 1. The lowest BCUT2D eigenvalue weighted by molar-refractivity contribution is -0.132. The third kappa shape index (κ3) is 3.25. The van der Waals surface area contributed by atoms with Crippen LogP contribution in [0.2, 0.25) is 0 Å². The van der Waals surface area contributed by atoms with E-state index < -0.39 is 17.7 Å². The first-order valence-electron chi connectivity index (χ1n) is 10.1. The molecule has 0 aliphatic carbocycles. The molecule has 2 aromatic heterocycles. The van der Waals surface area contributed by atoms with E-state index in [1.807, 2.05) is 48.7 Å². The van der Waals surface area contributed by atoms with Crippen molar-refractivity contribution in [2.24, 2.45) is 0 Å². The quantitative estimate of drug-likeness (QED) is 0.265. The minimum atomic E-state index is -0.790. The maximum absolute atomic E-state index is 13.1. The van der Waals surface area contributed by atoms with Gasteiger partial charge in [0, 0.05) is 10.4 Å². The number of Topliss-reactive ketones (excluding diaryl/α,β-unsaturated/α-hetero) is 1. The van der Waals surface area contributed by atoms with Crippen LogP contribution in [0.4, 0.5) is 5.95 Å². The summed E-state index contributed by atoms with van der Waals surface area (Å²) >= 11 is 1.40. The first-order chi connectivity index (χ1) is 15.6. The normalized spacial score (nSPS) is 17.9. The Hall–Kier alpha value is -3.91. The molecule has 1 amide bonds. The number of nitrogens with one attached hydrogen (secondary N) is 1. The van der Waals surface area contributed by atoms with Crippen molar-refractivity contribution in [2.75, 3.05) is 11.5 Å². The summed E-state index contributed by atoms with van der Waals surface area (Å²) in [6.45, 7) is 2.40. The number of hydrogen-bond acceptors (Lipinski definition) is 6. The molecule has 5 rings (SSSR count). The third-order valence-electron chi connectivity index (χ3n) is 5.30. The fourth-order valence-electron chi connectivity index (χ4n) is 3.85. The van der Waals surface area contributed by atoms with Gasteiger partial charge in [-0.15, -0.1) is 11.3 Å². The van der Waals surface area contributed by atoms with Crippen LogP contribution in [0.3, 0.4) is 0 Å². The smallest absolute Gasteiger partial charge is 0.302 e. The summed E-state index contributed by atoms with van der Waals surface area (Å²) in [5.74, 6) is -0.812. The first kappa shape index (κ1) is 20.0. The van der Waals surface area contributed by atoms with Crippen molar-refractivity contribution in [3.63, 3.8) is 0 Å². The van der Waals surface area contributed by atoms with Crippen LogP contribution in [-0.2, 0) is 9.59 Å². The van der Waals surface area contributed by atoms with Crippen LogP contribution in [0, 0.1) is 0 Å². The van der Waals surface area contributed by atoms with E-state index in [1.165, 1.54) is 16.2 Å². The van der Waals surface area contributed by atoms with Gasteiger partial charge >= 0.3 is 5.91 Å². The van der Waals surface area contributed by atoms with Crippen molar-refractivity contribution in [1.82, 2.24) is 9.97 Å². The molecule has 8 heteroatoms. The average molecular weight is 446 g/mol. The summed E-state index contributed by atoms with van der Waals surface area (Å²) in [5, 5.41) is 13.0. The summed E-state index contributed by atoms with van der Waals surface area (Å²) in [6, 6.07) is 17.0. The number of rotatable bonds is 5. The second-order valence-electron chi connectivity index (χ2n) is 7.22. The van der Waals surface area contributed by atoms with Gasteiger partial charge in [0.25, 0.3) is 5.78 Å². The van der Waals surface area contributed by atoms with Crippen LogP contribution < -0.4 is 9.64 Å². The molecule has 160 valence electrons. The number of anilines is 1. The number of carbonyl (C=O) groups excluding carboxylic acids is 2. The Kier molecular flexibility index (Phi) is 4.99. The number of fused-ring (bicyclic) bond motifs is 1. The summed E-state index contributed by atoms with van der Waals surface area (Å²) in [5.41, 5.74) is 1.89.